The van der Waals surface area contributed by atoms with Crippen molar-refractivity contribution in [3.8, 4) is 5.75 Å². The third-order valence-corrected chi connectivity index (χ3v) is 4.69. The van der Waals surface area contributed by atoms with Crippen molar-refractivity contribution in [3.63, 3.8) is 0 Å². The van der Waals surface area contributed by atoms with Crippen LogP contribution in [0.15, 0.2) is 59.4 Å². The molecule has 2 aromatic carbocycles. The number of aryl methyl sites for hydroxylation is 2. The largest absolute Gasteiger partial charge is 0.486 e. The van der Waals surface area contributed by atoms with E-state index >= 15 is 0 Å². The average Bonchev–Trinajstić information content (AvgIpc) is 2.69. The Hall–Kier alpha value is -3.41. The molecule has 0 bridgehead atoms. The van der Waals surface area contributed by atoms with Gasteiger partial charge in [-0.2, -0.15) is 0 Å². The van der Waals surface area contributed by atoms with E-state index in [1.807, 2.05) is 39.0 Å². The second kappa shape index (κ2) is 8.73. The van der Waals surface area contributed by atoms with E-state index in [1.165, 1.54) is 12.1 Å². The van der Waals surface area contributed by atoms with Crippen molar-refractivity contribution in [1.29, 1.82) is 0 Å². The number of aromatic nitrogens is 1. The molecule has 0 spiro atoms. The van der Waals surface area contributed by atoms with Gasteiger partial charge in [-0.25, -0.2) is 4.39 Å². The average molecular weight is 394 g/mol. The minimum atomic E-state index is -0.316. The highest BCUT2D eigenvalue weighted by Gasteiger charge is 2.12. The molecule has 0 aliphatic rings. The highest BCUT2D eigenvalue weighted by atomic mass is 19.1. The standard InChI is InChI=1S/C23H23FN2O3/c1-14-12-15(2)26-23(28)21(14)13-25-22(27)18-6-4-17(5-7-18)16(3)29-20-10-8-19(24)9-11-20/h4-12,16H,13H2,1-3H3,(H,25,27)(H,26,28). The topological polar surface area (TPSA) is 71.2 Å². The number of hydrogen-bond acceptors (Lipinski definition) is 3. The number of rotatable bonds is 6. The molecule has 5 nitrogen and oxygen atoms in total. The van der Waals surface area contributed by atoms with Crippen LogP contribution >= 0.6 is 0 Å². The number of carbonyl (C=O) groups excluding carboxylic acids is 1. The monoisotopic (exact) mass is 394 g/mol. The number of amides is 1. The Morgan fingerprint density at radius 2 is 1.76 bits per heavy atom. The third kappa shape index (κ3) is 5.10. The summed E-state index contributed by atoms with van der Waals surface area (Å²) in [6.45, 7) is 5.71. The number of carbonyl (C=O) groups is 1. The Kier molecular flexibility index (Phi) is 6.12. The molecular weight excluding hydrogens is 371 g/mol. The Morgan fingerprint density at radius 3 is 2.38 bits per heavy atom. The molecule has 2 N–H and O–H groups in total. The molecule has 1 aromatic heterocycles. The summed E-state index contributed by atoms with van der Waals surface area (Å²) >= 11 is 0. The summed E-state index contributed by atoms with van der Waals surface area (Å²) in [5, 5.41) is 2.78. The van der Waals surface area contributed by atoms with Crippen LogP contribution in [0.25, 0.3) is 0 Å². The fourth-order valence-corrected chi connectivity index (χ4v) is 3.06. The molecule has 1 unspecified atom stereocenters. The molecule has 29 heavy (non-hydrogen) atoms. The number of H-pyrrole nitrogens is 1. The van der Waals surface area contributed by atoms with Crippen LogP contribution in [-0.4, -0.2) is 10.9 Å². The van der Waals surface area contributed by atoms with Gasteiger partial charge >= 0.3 is 0 Å². The quantitative estimate of drug-likeness (QED) is 0.658. The molecule has 0 aliphatic carbocycles. The first-order chi connectivity index (χ1) is 13.8. The van der Waals surface area contributed by atoms with Gasteiger partial charge in [0.15, 0.2) is 0 Å². The first-order valence-corrected chi connectivity index (χ1v) is 9.33. The number of aromatic amines is 1. The zero-order chi connectivity index (χ0) is 21.0. The Labute approximate surface area is 168 Å². The van der Waals surface area contributed by atoms with Gasteiger partial charge in [0.05, 0.1) is 0 Å². The first-order valence-electron chi connectivity index (χ1n) is 9.33. The van der Waals surface area contributed by atoms with E-state index in [-0.39, 0.29) is 29.9 Å². The van der Waals surface area contributed by atoms with Crippen LogP contribution in [0.1, 0.15) is 45.8 Å². The molecule has 0 saturated carbocycles. The summed E-state index contributed by atoms with van der Waals surface area (Å²) in [5.41, 5.74) is 3.36. The number of nitrogens with one attached hydrogen (secondary N) is 2. The van der Waals surface area contributed by atoms with E-state index in [0.717, 1.165) is 16.8 Å². The van der Waals surface area contributed by atoms with E-state index < -0.39 is 0 Å². The van der Waals surface area contributed by atoms with E-state index in [4.69, 9.17) is 4.74 Å². The van der Waals surface area contributed by atoms with Crippen LogP contribution < -0.4 is 15.6 Å². The zero-order valence-electron chi connectivity index (χ0n) is 16.6. The highest BCUT2D eigenvalue weighted by Crippen LogP contribution is 2.22. The predicted octanol–water partition coefficient (Wildman–Crippen LogP) is 4.20. The fraction of sp³-hybridized carbons (Fsp3) is 0.217. The van der Waals surface area contributed by atoms with Crippen molar-refractivity contribution in [2.24, 2.45) is 0 Å². The van der Waals surface area contributed by atoms with Gasteiger partial charge < -0.3 is 15.0 Å². The molecule has 0 fully saturated rings. The number of pyridine rings is 1. The Balaban J connectivity index is 1.62. The van der Waals surface area contributed by atoms with Crippen molar-refractivity contribution in [2.45, 2.75) is 33.4 Å². The molecule has 0 radical (unpaired) electrons. The number of halogens is 1. The van der Waals surface area contributed by atoms with Gasteiger partial charge in [0.2, 0.25) is 0 Å². The molecular formula is C23H23FN2O3. The van der Waals surface area contributed by atoms with E-state index in [2.05, 4.69) is 10.3 Å². The molecule has 0 aliphatic heterocycles. The molecule has 3 rings (SSSR count). The summed E-state index contributed by atoms with van der Waals surface area (Å²) in [6, 6.07) is 14.8. The van der Waals surface area contributed by atoms with Crippen LogP contribution in [0.5, 0.6) is 5.75 Å². The van der Waals surface area contributed by atoms with Gasteiger partial charge in [-0.3, -0.25) is 9.59 Å². The van der Waals surface area contributed by atoms with E-state index in [9.17, 15) is 14.0 Å². The van der Waals surface area contributed by atoms with Crippen molar-refractivity contribution in [3.05, 3.63) is 98.7 Å². The van der Waals surface area contributed by atoms with Crippen LogP contribution in [0.4, 0.5) is 4.39 Å². The predicted molar refractivity (Wildman–Crippen MR) is 110 cm³/mol. The summed E-state index contributed by atoms with van der Waals surface area (Å²) in [7, 11) is 0. The number of hydrogen-bond donors (Lipinski definition) is 2. The minimum absolute atomic E-state index is 0.159. The summed E-state index contributed by atoms with van der Waals surface area (Å²) < 4.78 is 18.8. The summed E-state index contributed by atoms with van der Waals surface area (Å²) in [4.78, 5) is 27.2. The third-order valence-electron chi connectivity index (χ3n) is 4.69. The smallest absolute Gasteiger partial charge is 0.253 e. The van der Waals surface area contributed by atoms with Crippen LogP contribution in [0.3, 0.4) is 0 Å². The summed E-state index contributed by atoms with van der Waals surface area (Å²) in [5.74, 6) is -0.00868. The van der Waals surface area contributed by atoms with Gasteiger partial charge in [-0.15, -0.1) is 0 Å². The summed E-state index contributed by atoms with van der Waals surface area (Å²) in [6.07, 6.45) is -0.258. The Bertz CT molecular complexity index is 1060. The first kappa shape index (κ1) is 20.3. The maximum Gasteiger partial charge on any atom is 0.253 e. The lowest BCUT2D eigenvalue weighted by Crippen LogP contribution is -2.27. The second-order valence-corrected chi connectivity index (χ2v) is 6.96. The molecule has 150 valence electrons. The molecule has 3 aromatic rings. The SMILES string of the molecule is Cc1cc(C)c(CNC(=O)c2ccc(C(C)Oc3ccc(F)cc3)cc2)c(=O)[nH]1. The van der Waals surface area contributed by atoms with Crippen LogP contribution in [-0.2, 0) is 6.54 Å². The second-order valence-electron chi connectivity index (χ2n) is 6.96. The zero-order valence-corrected chi connectivity index (χ0v) is 16.6. The van der Waals surface area contributed by atoms with Crippen molar-refractivity contribution in [2.75, 3.05) is 0 Å². The molecule has 0 saturated heterocycles. The van der Waals surface area contributed by atoms with Crippen molar-refractivity contribution >= 4 is 5.91 Å². The highest BCUT2D eigenvalue weighted by molar-refractivity contribution is 5.94. The van der Waals surface area contributed by atoms with Crippen LogP contribution in [0, 0.1) is 19.7 Å². The number of benzene rings is 2. The molecule has 1 heterocycles. The lowest BCUT2D eigenvalue weighted by atomic mass is 10.1. The van der Waals surface area contributed by atoms with Crippen molar-refractivity contribution < 1.29 is 13.9 Å². The van der Waals surface area contributed by atoms with E-state index in [1.54, 1.807) is 24.3 Å². The lowest BCUT2D eigenvalue weighted by Gasteiger charge is -2.15. The van der Waals surface area contributed by atoms with Gasteiger partial charge in [-0.05, 0) is 74.4 Å². The maximum absolute atomic E-state index is 13.0. The molecule has 1 atom stereocenters. The van der Waals surface area contributed by atoms with Crippen molar-refractivity contribution in [1.82, 2.24) is 10.3 Å². The van der Waals surface area contributed by atoms with Gasteiger partial charge in [0.1, 0.15) is 17.7 Å². The molecule has 1 amide bonds. The fourth-order valence-electron chi connectivity index (χ4n) is 3.06. The van der Waals surface area contributed by atoms with Gasteiger partial charge in [-0.1, -0.05) is 12.1 Å². The van der Waals surface area contributed by atoms with Crippen LogP contribution in [0.2, 0.25) is 0 Å². The Morgan fingerprint density at radius 1 is 1.10 bits per heavy atom. The van der Waals surface area contributed by atoms with Gasteiger partial charge in [0.25, 0.3) is 11.5 Å². The minimum Gasteiger partial charge on any atom is -0.486 e. The van der Waals surface area contributed by atoms with Gasteiger partial charge in [0, 0.05) is 23.4 Å². The van der Waals surface area contributed by atoms with E-state index in [0.29, 0.717) is 16.9 Å². The molecule has 6 heteroatoms. The normalized spacial score (nSPS) is 11.7. The lowest BCUT2D eigenvalue weighted by molar-refractivity contribution is 0.0950. The maximum atomic E-state index is 13.0. The number of ether oxygens (including phenoxy) is 1.